The Morgan fingerprint density at radius 3 is 2.22 bits per heavy atom. The van der Waals surface area contributed by atoms with Crippen LogP contribution in [0.5, 0.6) is 11.5 Å². The first-order valence-corrected chi connectivity index (χ1v) is 14.3. The van der Waals surface area contributed by atoms with Crippen molar-refractivity contribution in [2.75, 3.05) is 13.2 Å². The SMILES string of the molecule is C=C1COc2cc(F)ccc2-c2cccc(c2)-c2cc3nc(C)c([C@H](OC(C)(C)C)C(=O)O)c(n3n2)-c2ccc(F)cc2OC1. The number of hydrogen-bond acceptors (Lipinski definition) is 6. The number of aliphatic carboxylic acids is 1. The van der Waals surface area contributed by atoms with Gasteiger partial charge in [-0.1, -0.05) is 24.8 Å². The Morgan fingerprint density at radius 1 is 0.956 bits per heavy atom. The second-order valence-corrected chi connectivity index (χ2v) is 11.9. The summed E-state index contributed by atoms with van der Waals surface area (Å²) in [7, 11) is 0. The molecule has 5 aromatic rings. The zero-order chi connectivity index (χ0) is 32.0. The third-order valence-corrected chi connectivity index (χ3v) is 7.26. The molecule has 1 aliphatic rings. The molecule has 0 aliphatic carbocycles. The van der Waals surface area contributed by atoms with Crippen molar-refractivity contribution < 1.29 is 32.9 Å². The minimum Gasteiger partial charge on any atom is -0.488 e. The molecule has 0 spiro atoms. The number of carboxylic acid groups (broad SMARTS) is 1. The number of ether oxygens (including phenoxy) is 3. The lowest BCUT2D eigenvalue weighted by atomic mass is 9.98. The van der Waals surface area contributed by atoms with Gasteiger partial charge in [-0.3, -0.25) is 0 Å². The van der Waals surface area contributed by atoms with Gasteiger partial charge in [-0.2, -0.15) is 5.10 Å². The standard InChI is InChI=1S/C35H31F2N3O5/c1-19-17-43-28-14-23(36)9-11-25(28)21-7-6-8-22(13-21)27-16-30-38-20(2)31(33(34(41)42)45-35(3,4)5)32(40(30)39-27)26-12-10-24(37)15-29(26)44-18-19/h6-16,33H,1,17-18H2,2-5H3,(H,41,42)/t33-/m0/s1. The first kappa shape index (κ1) is 30.0. The number of rotatable bonds is 3. The number of benzene rings is 3. The Kier molecular flexibility index (Phi) is 7.62. The van der Waals surface area contributed by atoms with Crippen LogP contribution in [0.4, 0.5) is 8.78 Å². The molecule has 230 valence electrons. The van der Waals surface area contributed by atoms with Crippen molar-refractivity contribution in [3.63, 3.8) is 0 Å². The quantitative estimate of drug-likeness (QED) is 0.210. The lowest BCUT2D eigenvalue weighted by Crippen LogP contribution is -2.29. The van der Waals surface area contributed by atoms with E-state index in [1.165, 1.54) is 30.3 Å². The number of hydrogen-bond donors (Lipinski definition) is 1. The maximum absolute atomic E-state index is 14.7. The van der Waals surface area contributed by atoms with E-state index in [1.807, 2.05) is 24.3 Å². The van der Waals surface area contributed by atoms with E-state index in [-0.39, 0.29) is 24.5 Å². The second kappa shape index (κ2) is 11.4. The molecule has 0 saturated heterocycles. The third kappa shape index (κ3) is 6.01. The lowest BCUT2D eigenvalue weighted by molar-refractivity contribution is -0.160. The molecule has 4 bridgehead atoms. The van der Waals surface area contributed by atoms with Crippen LogP contribution in [0.2, 0.25) is 0 Å². The van der Waals surface area contributed by atoms with E-state index in [1.54, 1.807) is 44.3 Å². The smallest absolute Gasteiger partial charge is 0.337 e. The van der Waals surface area contributed by atoms with E-state index in [0.717, 1.165) is 11.1 Å². The van der Waals surface area contributed by atoms with Crippen LogP contribution in [-0.2, 0) is 9.53 Å². The molecule has 2 aromatic heterocycles. The summed E-state index contributed by atoms with van der Waals surface area (Å²) in [6.07, 6.45) is -1.43. The molecule has 3 aromatic carbocycles. The van der Waals surface area contributed by atoms with Crippen LogP contribution in [0.3, 0.4) is 0 Å². The molecule has 8 nitrogen and oxygen atoms in total. The maximum atomic E-state index is 14.7. The summed E-state index contributed by atoms with van der Waals surface area (Å²) in [6.45, 7) is 11.0. The molecule has 0 unspecified atom stereocenters. The minimum atomic E-state index is -1.43. The van der Waals surface area contributed by atoms with E-state index in [2.05, 4.69) is 6.58 Å². The average molecular weight is 612 g/mol. The van der Waals surface area contributed by atoms with Gasteiger partial charge < -0.3 is 19.3 Å². The van der Waals surface area contributed by atoms with Gasteiger partial charge in [0.2, 0.25) is 0 Å². The molecule has 0 fully saturated rings. The number of carbonyl (C=O) groups is 1. The van der Waals surface area contributed by atoms with Crippen molar-refractivity contribution in [1.29, 1.82) is 0 Å². The minimum absolute atomic E-state index is 0.00551. The fourth-order valence-corrected chi connectivity index (χ4v) is 5.35. The van der Waals surface area contributed by atoms with E-state index in [0.29, 0.717) is 45.2 Å². The van der Waals surface area contributed by atoms with Crippen molar-refractivity contribution >= 4 is 11.6 Å². The zero-order valence-corrected chi connectivity index (χ0v) is 25.2. The van der Waals surface area contributed by atoms with Crippen molar-refractivity contribution in [2.24, 2.45) is 0 Å². The average Bonchev–Trinajstić information content (AvgIpc) is 3.40. The number of fused-ring (bicyclic) bond motifs is 8. The van der Waals surface area contributed by atoms with Crippen LogP contribution in [-0.4, -0.2) is 44.5 Å². The van der Waals surface area contributed by atoms with Gasteiger partial charge in [0.15, 0.2) is 11.8 Å². The van der Waals surface area contributed by atoms with Crippen LogP contribution >= 0.6 is 0 Å². The maximum Gasteiger partial charge on any atom is 0.337 e. The van der Waals surface area contributed by atoms with Crippen LogP contribution in [0.1, 0.15) is 38.1 Å². The fraction of sp³-hybridized carbons (Fsp3) is 0.229. The number of nitrogens with zero attached hydrogens (tertiary/aromatic N) is 3. The molecule has 10 heteroatoms. The monoisotopic (exact) mass is 611 g/mol. The first-order chi connectivity index (χ1) is 21.4. The lowest BCUT2D eigenvalue weighted by Gasteiger charge is -2.28. The Balaban J connectivity index is 1.67. The summed E-state index contributed by atoms with van der Waals surface area (Å²) < 4.78 is 48.7. The highest BCUT2D eigenvalue weighted by Crippen LogP contribution is 2.41. The van der Waals surface area contributed by atoms with Crippen LogP contribution in [0.15, 0.2) is 78.9 Å². The van der Waals surface area contributed by atoms with Gasteiger partial charge >= 0.3 is 5.97 Å². The number of aromatic nitrogens is 3. The van der Waals surface area contributed by atoms with Gasteiger partial charge in [0.25, 0.3) is 0 Å². The molecule has 0 radical (unpaired) electrons. The Labute approximate surface area is 258 Å². The Bertz CT molecular complexity index is 1980. The predicted octanol–water partition coefficient (Wildman–Crippen LogP) is 7.59. The molecule has 1 N–H and O–H groups in total. The first-order valence-electron chi connectivity index (χ1n) is 14.3. The van der Waals surface area contributed by atoms with Gasteiger partial charge in [0.05, 0.1) is 17.0 Å². The highest BCUT2D eigenvalue weighted by molar-refractivity contribution is 5.83. The number of carboxylic acids is 1. The van der Waals surface area contributed by atoms with E-state index < -0.39 is 29.3 Å². The van der Waals surface area contributed by atoms with Crippen molar-refractivity contribution in [2.45, 2.75) is 39.4 Å². The molecule has 3 heterocycles. The third-order valence-electron chi connectivity index (χ3n) is 7.26. The van der Waals surface area contributed by atoms with Gasteiger partial charge in [-0.25, -0.2) is 23.1 Å². The summed E-state index contributed by atoms with van der Waals surface area (Å²) >= 11 is 0. The van der Waals surface area contributed by atoms with Crippen molar-refractivity contribution in [3.8, 4) is 45.1 Å². The van der Waals surface area contributed by atoms with Gasteiger partial charge in [-0.15, -0.1) is 0 Å². The van der Waals surface area contributed by atoms with Crippen LogP contribution < -0.4 is 9.47 Å². The zero-order valence-electron chi connectivity index (χ0n) is 25.2. The molecule has 1 atom stereocenters. The van der Waals surface area contributed by atoms with E-state index in [9.17, 15) is 18.7 Å². The van der Waals surface area contributed by atoms with Crippen molar-refractivity contribution in [1.82, 2.24) is 14.6 Å². The topological polar surface area (TPSA) is 95.2 Å². The second-order valence-electron chi connectivity index (χ2n) is 11.9. The van der Waals surface area contributed by atoms with Gasteiger partial charge in [0, 0.05) is 46.1 Å². The summed E-state index contributed by atoms with van der Waals surface area (Å²) in [6, 6.07) is 17.6. The summed E-state index contributed by atoms with van der Waals surface area (Å²) in [5.74, 6) is -1.78. The largest absolute Gasteiger partial charge is 0.488 e. The molecule has 0 amide bonds. The summed E-state index contributed by atoms with van der Waals surface area (Å²) in [5.41, 5.74) is 4.17. The Morgan fingerprint density at radius 2 is 1.58 bits per heavy atom. The van der Waals surface area contributed by atoms with Crippen molar-refractivity contribution in [3.05, 3.63) is 102 Å². The highest BCUT2D eigenvalue weighted by Gasteiger charge is 2.34. The van der Waals surface area contributed by atoms with Crippen LogP contribution in [0.25, 0.3) is 39.3 Å². The normalized spacial score (nSPS) is 14.0. The molecular formula is C35H31F2N3O5. The summed E-state index contributed by atoms with van der Waals surface area (Å²) in [4.78, 5) is 17.5. The molecule has 45 heavy (non-hydrogen) atoms. The van der Waals surface area contributed by atoms with E-state index in [4.69, 9.17) is 24.3 Å². The Hall–Kier alpha value is -5.09. The van der Waals surface area contributed by atoms with E-state index >= 15 is 0 Å². The molecule has 1 aliphatic heterocycles. The fourth-order valence-electron chi connectivity index (χ4n) is 5.35. The van der Waals surface area contributed by atoms with Gasteiger partial charge in [-0.05, 0) is 69.2 Å². The highest BCUT2D eigenvalue weighted by atomic mass is 19.1. The number of halogens is 2. The molecule has 6 rings (SSSR count). The summed E-state index contributed by atoms with van der Waals surface area (Å²) in [5, 5.41) is 15.3. The number of aryl methyl sites for hydroxylation is 1. The van der Waals surface area contributed by atoms with Gasteiger partial charge in [0.1, 0.15) is 36.3 Å². The van der Waals surface area contributed by atoms with Crippen LogP contribution in [0, 0.1) is 18.6 Å². The predicted molar refractivity (Wildman–Crippen MR) is 165 cm³/mol. The molecular weight excluding hydrogens is 580 g/mol. The molecule has 0 saturated carbocycles.